The SMILES string of the molecule is CC[C@H](C)/C=C/C1=CC2=C(Cl)C(=O)[C@@]3(C)OC(=O)[C@@H](C(=O)[C@@H](C)[C@H](C)O)[C@H]3C2=CO1. The van der Waals surface area contributed by atoms with E-state index in [2.05, 4.69) is 13.8 Å². The number of ether oxygens (including phenoxy) is 2. The number of aliphatic hydroxyl groups is 1. The third-order valence-corrected chi connectivity index (χ3v) is 6.72. The number of fused-ring (bicyclic) bond motifs is 3. The fraction of sp³-hybridized carbons (Fsp3) is 0.522. The number of carbonyl (C=O) groups excluding carboxylic acids is 3. The highest BCUT2D eigenvalue weighted by molar-refractivity contribution is 6.45. The second-order valence-corrected chi connectivity index (χ2v) is 8.83. The van der Waals surface area contributed by atoms with Crippen LogP contribution in [-0.4, -0.2) is 34.3 Å². The molecule has 6 atom stereocenters. The summed E-state index contributed by atoms with van der Waals surface area (Å²) in [4.78, 5) is 38.8. The lowest BCUT2D eigenvalue weighted by Crippen LogP contribution is -2.48. The van der Waals surface area contributed by atoms with E-state index < -0.39 is 47.0 Å². The van der Waals surface area contributed by atoms with Crippen molar-refractivity contribution in [3.8, 4) is 0 Å². The van der Waals surface area contributed by atoms with Gasteiger partial charge in [-0.2, -0.15) is 0 Å². The first kappa shape index (κ1) is 22.5. The van der Waals surface area contributed by atoms with Gasteiger partial charge in [-0.3, -0.25) is 14.4 Å². The van der Waals surface area contributed by atoms with Crippen molar-refractivity contribution in [2.24, 2.45) is 23.7 Å². The summed E-state index contributed by atoms with van der Waals surface area (Å²) in [6, 6.07) is 0. The number of rotatable bonds is 6. The molecule has 1 saturated heterocycles. The molecule has 0 aromatic heterocycles. The van der Waals surface area contributed by atoms with Crippen molar-refractivity contribution in [1.29, 1.82) is 0 Å². The Hall–Kier alpha value is -2.18. The number of halogens is 1. The fourth-order valence-electron chi connectivity index (χ4n) is 3.96. The van der Waals surface area contributed by atoms with E-state index in [4.69, 9.17) is 21.1 Å². The van der Waals surface area contributed by atoms with Crippen molar-refractivity contribution in [2.75, 3.05) is 0 Å². The maximum Gasteiger partial charge on any atom is 0.318 e. The highest BCUT2D eigenvalue weighted by atomic mass is 35.5. The number of allylic oxidation sites excluding steroid dienone is 4. The van der Waals surface area contributed by atoms with E-state index in [0.717, 1.165) is 6.42 Å². The van der Waals surface area contributed by atoms with E-state index in [9.17, 15) is 19.5 Å². The van der Waals surface area contributed by atoms with Gasteiger partial charge in [-0.15, -0.1) is 0 Å². The van der Waals surface area contributed by atoms with Crippen molar-refractivity contribution in [1.82, 2.24) is 0 Å². The number of ketones is 2. The maximum absolute atomic E-state index is 13.1. The van der Waals surface area contributed by atoms with Gasteiger partial charge in [-0.05, 0) is 31.9 Å². The van der Waals surface area contributed by atoms with E-state index in [1.54, 1.807) is 13.0 Å². The third kappa shape index (κ3) is 3.56. The summed E-state index contributed by atoms with van der Waals surface area (Å²) in [6.07, 6.45) is 6.93. The summed E-state index contributed by atoms with van der Waals surface area (Å²) in [7, 11) is 0. The monoisotopic (exact) mass is 434 g/mol. The van der Waals surface area contributed by atoms with Crippen LogP contribution in [0.4, 0.5) is 0 Å². The second-order valence-electron chi connectivity index (χ2n) is 8.45. The largest absolute Gasteiger partial charge is 0.465 e. The molecular formula is C23H27ClO6. The molecule has 0 aromatic carbocycles. The van der Waals surface area contributed by atoms with Gasteiger partial charge in [0.05, 0.1) is 23.3 Å². The molecule has 162 valence electrons. The molecule has 1 fully saturated rings. The van der Waals surface area contributed by atoms with Gasteiger partial charge in [-0.1, -0.05) is 44.9 Å². The molecule has 0 radical (unpaired) electrons. The quantitative estimate of drug-likeness (QED) is 0.507. The van der Waals surface area contributed by atoms with Crippen LogP contribution in [-0.2, 0) is 23.9 Å². The third-order valence-electron chi connectivity index (χ3n) is 6.35. The molecule has 0 amide bonds. The zero-order valence-corrected chi connectivity index (χ0v) is 18.5. The molecule has 0 aromatic rings. The Morgan fingerprint density at radius 1 is 1.33 bits per heavy atom. The normalized spacial score (nSPS) is 31.3. The van der Waals surface area contributed by atoms with Crippen LogP contribution < -0.4 is 0 Å². The Morgan fingerprint density at radius 3 is 2.60 bits per heavy atom. The Bertz CT molecular complexity index is 909. The van der Waals surface area contributed by atoms with Crippen molar-refractivity contribution in [3.05, 3.63) is 46.4 Å². The summed E-state index contributed by atoms with van der Waals surface area (Å²) in [5, 5.41) is 9.80. The predicted octanol–water partition coefficient (Wildman–Crippen LogP) is 3.60. The first-order valence-corrected chi connectivity index (χ1v) is 10.6. The topological polar surface area (TPSA) is 89.9 Å². The van der Waals surface area contributed by atoms with Gasteiger partial charge in [0, 0.05) is 17.1 Å². The Labute approximate surface area is 181 Å². The summed E-state index contributed by atoms with van der Waals surface area (Å²) < 4.78 is 11.2. The molecule has 3 aliphatic rings. The summed E-state index contributed by atoms with van der Waals surface area (Å²) in [6.45, 7) is 8.65. The molecule has 1 N–H and O–H groups in total. The Balaban J connectivity index is 2.05. The van der Waals surface area contributed by atoms with Gasteiger partial charge >= 0.3 is 5.97 Å². The van der Waals surface area contributed by atoms with Crippen LogP contribution in [0, 0.1) is 23.7 Å². The molecule has 1 aliphatic carbocycles. The predicted molar refractivity (Wildman–Crippen MR) is 111 cm³/mol. The number of aliphatic hydroxyl groups excluding tert-OH is 1. The lowest BCUT2D eigenvalue weighted by molar-refractivity contribution is -0.157. The fourth-order valence-corrected chi connectivity index (χ4v) is 4.31. The standard InChI is InChI=1S/C23H27ClO6/c1-6-11(2)7-8-14-9-15-16(10-29-14)18-17(20(26)12(3)13(4)25)22(28)30-23(18,5)21(27)19(15)24/h7-13,17-18,25H,6H2,1-5H3/b8-7+/t11-,12-,13-,17+,18+,23-/m0/s1. The van der Waals surface area contributed by atoms with Gasteiger partial charge in [0.15, 0.2) is 11.4 Å². The first-order chi connectivity index (χ1) is 14.0. The zero-order chi connectivity index (χ0) is 22.4. The summed E-state index contributed by atoms with van der Waals surface area (Å²) in [5.74, 6) is -3.83. The molecule has 0 unspecified atom stereocenters. The van der Waals surface area contributed by atoms with Crippen molar-refractivity contribution >= 4 is 29.1 Å². The minimum absolute atomic E-state index is 0.0535. The minimum atomic E-state index is -1.59. The molecular weight excluding hydrogens is 408 g/mol. The number of esters is 1. The number of hydrogen-bond acceptors (Lipinski definition) is 6. The smallest absolute Gasteiger partial charge is 0.318 e. The van der Waals surface area contributed by atoms with Gasteiger partial charge in [0.25, 0.3) is 0 Å². The molecule has 0 saturated carbocycles. The molecule has 7 heteroatoms. The van der Waals surface area contributed by atoms with Gasteiger partial charge < -0.3 is 14.6 Å². The van der Waals surface area contributed by atoms with Crippen LogP contribution >= 0.6 is 11.6 Å². The van der Waals surface area contributed by atoms with E-state index >= 15 is 0 Å². The maximum atomic E-state index is 13.1. The van der Waals surface area contributed by atoms with Crippen molar-refractivity contribution in [2.45, 2.75) is 52.7 Å². The summed E-state index contributed by atoms with van der Waals surface area (Å²) in [5.41, 5.74) is -0.687. The van der Waals surface area contributed by atoms with Crippen LogP contribution in [0.5, 0.6) is 0 Å². The lowest BCUT2D eigenvalue weighted by atomic mass is 9.66. The summed E-state index contributed by atoms with van der Waals surface area (Å²) >= 11 is 6.39. The highest BCUT2D eigenvalue weighted by Gasteiger charge is 2.64. The molecule has 2 aliphatic heterocycles. The van der Waals surface area contributed by atoms with Crippen LogP contribution in [0.1, 0.15) is 41.0 Å². The first-order valence-electron chi connectivity index (χ1n) is 10.2. The van der Waals surface area contributed by atoms with E-state index in [1.165, 1.54) is 20.1 Å². The molecule has 0 spiro atoms. The Kier molecular flexibility index (Phi) is 6.12. The number of carbonyl (C=O) groups is 3. The van der Waals surface area contributed by atoms with Crippen LogP contribution in [0.2, 0.25) is 0 Å². The van der Waals surface area contributed by atoms with E-state index in [1.807, 2.05) is 12.2 Å². The van der Waals surface area contributed by atoms with E-state index in [-0.39, 0.29) is 5.03 Å². The second kappa shape index (κ2) is 8.16. The number of Topliss-reactive ketones (excluding diaryl/α,β-unsaturated/α-hetero) is 2. The van der Waals surface area contributed by atoms with Crippen LogP contribution in [0.3, 0.4) is 0 Å². The molecule has 30 heavy (non-hydrogen) atoms. The highest BCUT2D eigenvalue weighted by Crippen LogP contribution is 2.52. The van der Waals surface area contributed by atoms with Gasteiger partial charge in [-0.25, -0.2) is 0 Å². The van der Waals surface area contributed by atoms with Crippen LogP contribution in [0.15, 0.2) is 46.4 Å². The van der Waals surface area contributed by atoms with Crippen molar-refractivity contribution < 1.29 is 29.0 Å². The molecule has 6 nitrogen and oxygen atoms in total. The van der Waals surface area contributed by atoms with Gasteiger partial charge in [0.1, 0.15) is 11.7 Å². The minimum Gasteiger partial charge on any atom is -0.465 e. The van der Waals surface area contributed by atoms with Crippen molar-refractivity contribution in [3.63, 3.8) is 0 Å². The molecule has 2 heterocycles. The zero-order valence-electron chi connectivity index (χ0n) is 17.8. The Morgan fingerprint density at radius 2 is 2.00 bits per heavy atom. The average Bonchev–Trinajstić information content (AvgIpc) is 3.00. The molecule has 3 rings (SSSR count). The van der Waals surface area contributed by atoms with E-state index in [0.29, 0.717) is 22.8 Å². The number of hydrogen-bond donors (Lipinski definition) is 1. The molecule has 0 bridgehead atoms. The lowest BCUT2D eigenvalue weighted by Gasteiger charge is -2.37. The van der Waals surface area contributed by atoms with Gasteiger partial charge in [0.2, 0.25) is 5.78 Å². The average molecular weight is 435 g/mol. The van der Waals surface area contributed by atoms with Crippen LogP contribution in [0.25, 0.3) is 0 Å².